The highest BCUT2D eigenvalue weighted by Gasteiger charge is 2.14. The molecular formula is C22H30FIN4O3. The minimum atomic E-state index is -0.346. The lowest BCUT2D eigenvalue weighted by Crippen LogP contribution is -2.37. The van der Waals surface area contributed by atoms with Crippen LogP contribution in [0.4, 0.5) is 4.39 Å². The summed E-state index contributed by atoms with van der Waals surface area (Å²) in [4.78, 5) is 8.48. The quantitative estimate of drug-likeness (QED) is 0.205. The molecule has 3 rings (SSSR count). The van der Waals surface area contributed by atoms with Gasteiger partial charge >= 0.3 is 0 Å². The number of nitrogens with one attached hydrogen (secondary N) is 2. The van der Waals surface area contributed by atoms with Gasteiger partial charge in [-0.3, -0.25) is 4.99 Å². The zero-order valence-electron chi connectivity index (χ0n) is 17.7. The van der Waals surface area contributed by atoms with Crippen LogP contribution < -0.4 is 15.4 Å². The smallest absolute Gasteiger partial charge is 0.219 e. The number of pyridine rings is 1. The second kappa shape index (κ2) is 14.2. The Hall–Kier alpha value is -1.98. The molecule has 1 aromatic heterocycles. The molecule has 9 heteroatoms. The average Bonchev–Trinajstić information content (AvgIpc) is 3.27. The molecule has 1 aromatic carbocycles. The Morgan fingerprint density at radius 1 is 1.29 bits per heavy atom. The van der Waals surface area contributed by atoms with Crippen LogP contribution in [0.2, 0.25) is 0 Å². The normalized spacial score (nSPS) is 15.9. The van der Waals surface area contributed by atoms with E-state index < -0.39 is 0 Å². The van der Waals surface area contributed by atoms with Crippen LogP contribution in [-0.4, -0.2) is 50.5 Å². The molecule has 0 saturated carbocycles. The van der Waals surface area contributed by atoms with Gasteiger partial charge in [-0.25, -0.2) is 9.37 Å². The Morgan fingerprint density at radius 2 is 2.19 bits per heavy atom. The number of halogens is 2. The number of hydrogen-bond donors (Lipinski definition) is 2. The highest BCUT2D eigenvalue weighted by atomic mass is 127. The third-order valence-corrected chi connectivity index (χ3v) is 4.59. The molecule has 0 radical (unpaired) electrons. The molecule has 1 aliphatic heterocycles. The number of ether oxygens (including phenoxy) is 3. The Kier molecular flexibility index (Phi) is 11.5. The van der Waals surface area contributed by atoms with Crippen molar-refractivity contribution in [3.63, 3.8) is 0 Å². The summed E-state index contributed by atoms with van der Waals surface area (Å²) in [5.41, 5.74) is 0.976. The topological polar surface area (TPSA) is 77.0 Å². The first-order chi connectivity index (χ1) is 14.7. The van der Waals surface area contributed by atoms with E-state index in [1.54, 1.807) is 31.4 Å². The van der Waals surface area contributed by atoms with Crippen LogP contribution >= 0.6 is 24.0 Å². The van der Waals surface area contributed by atoms with Gasteiger partial charge in [-0.2, -0.15) is 0 Å². The number of aliphatic imine (C=N–C) groups is 1. The van der Waals surface area contributed by atoms with Crippen molar-refractivity contribution < 1.29 is 18.6 Å². The van der Waals surface area contributed by atoms with Crippen molar-refractivity contribution in [2.24, 2.45) is 4.99 Å². The summed E-state index contributed by atoms with van der Waals surface area (Å²) in [5, 5.41) is 6.51. The fourth-order valence-electron chi connectivity index (χ4n) is 3.01. The minimum absolute atomic E-state index is 0. The van der Waals surface area contributed by atoms with Crippen molar-refractivity contribution in [3.8, 4) is 11.6 Å². The highest BCUT2D eigenvalue weighted by molar-refractivity contribution is 14.0. The number of rotatable bonds is 10. The van der Waals surface area contributed by atoms with E-state index in [1.807, 2.05) is 6.07 Å². The Bertz CT molecular complexity index is 802. The molecule has 170 valence electrons. The van der Waals surface area contributed by atoms with Crippen molar-refractivity contribution in [3.05, 3.63) is 54.0 Å². The zero-order valence-corrected chi connectivity index (χ0v) is 20.0. The Morgan fingerprint density at radius 3 is 2.90 bits per heavy atom. The Balaban J connectivity index is 0.00000341. The molecule has 2 aromatic rings. The predicted octanol–water partition coefficient (Wildman–Crippen LogP) is 3.88. The largest absolute Gasteiger partial charge is 0.439 e. The minimum Gasteiger partial charge on any atom is -0.439 e. The van der Waals surface area contributed by atoms with Gasteiger partial charge in [0, 0.05) is 51.7 Å². The number of hydrogen-bond acceptors (Lipinski definition) is 5. The van der Waals surface area contributed by atoms with Crippen molar-refractivity contribution >= 4 is 29.9 Å². The van der Waals surface area contributed by atoms with Crippen LogP contribution in [0.1, 0.15) is 24.8 Å². The molecule has 0 spiro atoms. The standard InChI is InChI=1S/C22H29FN4O3.HI/c1-24-22(25-10-4-11-28-16-20-7-3-12-29-20)27-15-17-8-9-21(26-14-17)30-19-6-2-5-18(23)13-19;/h2,5-6,8-9,13-14,20H,3-4,7,10-12,15-16H2,1H3,(H2,24,25,27);1H. The summed E-state index contributed by atoms with van der Waals surface area (Å²) in [6.07, 6.45) is 5.11. The molecule has 0 aliphatic carbocycles. The first-order valence-corrected chi connectivity index (χ1v) is 10.2. The molecule has 1 saturated heterocycles. The highest BCUT2D eigenvalue weighted by Crippen LogP contribution is 2.20. The molecule has 0 amide bonds. The third kappa shape index (κ3) is 9.36. The summed E-state index contributed by atoms with van der Waals surface area (Å²) in [6, 6.07) is 9.63. The Labute approximate surface area is 199 Å². The first-order valence-electron chi connectivity index (χ1n) is 10.2. The van der Waals surface area contributed by atoms with Crippen LogP contribution in [0, 0.1) is 5.82 Å². The fraction of sp³-hybridized carbons (Fsp3) is 0.455. The lowest BCUT2D eigenvalue weighted by molar-refractivity contribution is 0.0168. The fourth-order valence-corrected chi connectivity index (χ4v) is 3.01. The van der Waals surface area contributed by atoms with Crippen LogP contribution in [0.15, 0.2) is 47.6 Å². The molecular weight excluding hydrogens is 514 g/mol. The van der Waals surface area contributed by atoms with E-state index in [-0.39, 0.29) is 35.9 Å². The summed E-state index contributed by atoms with van der Waals surface area (Å²) in [7, 11) is 1.73. The zero-order chi connectivity index (χ0) is 21.0. The number of benzene rings is 1. The molecule has 7 nitrogen and oxygen atoms in total. The molecule has 31 heavy (non-hydrogen) atoms. The molecule has 2 N–H and O–H groups in total. The maximum absolute atomic E-state index is 13.2. The van der Waals surface area contributed by atoms with E-state index in [0.717, 1.165) is 38.0 Å². The molecule has 2 heterocycles. The SMILES string of the molecule is CN=C(NCCCOCC1CCCO1)NCc1ccc(Oc2cccc(F)c2)nc1.I. The number of nitrogens with zero attached hydrogens (tertiary/aromatic N) is 2. The van der Waals surface area contributed by atoms with Crippen LogP contribution in [-0.2, 0) is 16.0 Å². The van der Waals surface area contributed by atoms with Crippen LogP contribution in [0.3, 0.4) is 0 Å². The lowest BCUT2D eigenvalue weighted by Gasteiger charge is -2.13. The van der Waals surface area contributed by atoms with Crippen molar-refractivity contribution in [1.82, 2.24) is 15.6 Å². The predicted molar refractivity (Wildman–Crippen MR) is 129 cm³/mol. The van der Waals surface area contributed by atoms with Gasteiger partial charge in [-0.1, -0.05) is 12.1 Å². The molecule has 1 unspecified atom stereocenters. The molecule has 1 atom stereocenters. The molecule has 1 fully saturated rings. The van der Waals surface area contributed by atoms with Gasteiger partial charge in [0.1, 0.15) is 11.6 Å². The van der Waals surface area contributed by atoms with Gasteiger partial charge in [0.25, 0.3) is 0 Å². The van der Waals surface area contributed by atoms with Gasteiger partial charge in [-0.15, -0.1) is 24.0 Å². The molecule has 1 aliphatic rings. The summed E-state index contributed by atoms with van der Waals surface area (Å²) >= 11 is 0. The number of guanidine groups is 1. The summed E-state index contributed by atoms with van der Waals surface area (Å²) < 4.78 is 30.0. The summed E-state index contributed by atoms with van der Waals surface area (Å²) in [5.74, 6) is 1.20. The van der Waals surface area contributed by atoms with Crippen molar-refractivity contribution in [2.75, 3.05) is 33.4 Å². The van der Waals surface area contributed by atoms with Gasteiger partial charge in [-0.05, 0) is 37.0 Å². The maximum Gasteiger partial charge on any atom is 0.219 e. The number of aromatic nitrogens is 1. The van der Waals surface area contributed by atoms with Crippen molar-refractivity contribution in [2.45, 2.75) is 31.9 Å². The van der Waals surface area contributed by atoms with E-state index in [1.165, 1.54) is 12.1 Å². The summed E-state index contributed by atoms with van der Waals surface area (Å²) in [6.45, 7) is 3.57. The van der Waals surface area contributed by atoms with Gasteiger partial charge in [0.15, 0.2) is 5.96 Å². The van der Waals surface area contributed by atoms with Crippen LogP contribution in [0.5, 0.6) is 11.6 Å². The second-order valence-electron chi connectivity index (χ2n) is 6.98. The monoisotopic (exact) mass is 544 g/mol. The van der Waals surface area contributed by atoms with Gasteiger partial charge < -0.3 is 24.8 Å². The third-order valence-electron chi connectivity index (χ3n) is 4.59. The second-order valence-corrected chi connectivity index (χ2v) is 6.98. The van der Waals surface area contributed by atoms with Crippen molar-refractivity contribution in [1.29, 1.82) is 0 Å². The van der Waals surface area contributed by atoms with Crippen LogP contribution in [0.25, 0.3) is 0 Å². The first kappa shape index (κ1) is 25.3. The van der Waals surface area contributed by atoms with E-state index in [9.17, 15) is 4.39 Å². The van der Waals surface area contributed by atoms with E-state index in [4.69, 9.17) is 14.2 Å². The van der Waals surface area contributed by atoms with E-state index >= 15 is 0 Å². The van der Waals surface area contributed by atoms with Gasteiger partial charge in [0.2, 0.25) is 5.88 Å². The molecule has 0 bridgehead atoms. The lowest BCUT2D eigenvalue weighted by atomic mass is 10.2. The maximum atomic E-state index is 13.2. The average molecular weight is 544 g/mol. The van der Waals surface area contributed by atoms with Gasteiger partial charge in [0.05, 0.1) is 12.7 Å². The van der Waals surface area contributed by atoms with E-state index in [2.05, 4.69) is 20.6 Å². The van der Waals surface area contributed by atoms with E-state index in [0.29, 0.717) is 37.3 Å².